The highest BCUT2D eigenvalue weighted by Gasteiger charge is 2.26. The van der Waals surface area contributed by atoms with Crippen molar-refractivity contribution in [3.63, 3.8) is 0 Å². The summed E-state index contributed by atoms with van der Waals surface area (Å²) in [5.41, 5.74) is 1.20. The molecule has 1 aliphatic carbocycles. The van der Waals surface area contributed by atoms with E-state index in [1.54, 1.807) is 18.2 Å². The van der Waals surface area contributed by atoms with Crippen LogP contribution in [-0.2, 0) is 4.79 Å². The Morgan fingerprint density at radius 2 is 1.69 bits per heavy atom. The van der Waals surface area contributed by atoms with E-state index in [1.807, 2.05) is 0 Å². The minimum absolute atomic E-state index is 0.0461. The molecule has 2 aromatic carbocycles. The average molecular weight is 354 g/mol. The van der Waals surface area contributed by atoms with Crippen LogP contribution in [0, 0.1) is 0 Å². The Balaban J connectivity index is 1.60. The topological polar surface area (TPSA) is 84.5 Å². The summed E-state index contributed by atoms with van der Waals surface area (Å²) in [4.78, 5) is 35.7. The number of ether oxygens (including phenoxy) is 1. The molecule has 0 unspecified atom stereocenters. The Bertz CT molecular complexity index is 903. The monoisotopic (exact) mass is 354 g/mol. The SMILES string of the molecule is O=C1COc2cc(-c3c(NC4CCCCCCC4)c(=O)c3=O)ccc2N1. The molecule has 2 N–H and O–H groups in total. The molecule has 1 amide bonds. The summed E-state index contributed by atoms with van der Waals surface area (Å²) in [6.45, 7) is -0.0461. The highest BCUT2D eigenvalue weighted by atomic mass is 16.5. The molecular weight excluding hydrogens is 332 g/mol. The van der Waals surface area contributed by atoms with E-state index >= 15 is 0 Å². The maximum Gasteiger partial charge on any atom is 0.262 e. The molecule has 1 fully saturated rings. The van der Waals surface area contributed by atoms with E-state index in [2.05, 4.69) is 10.6 Å². The van der Waals surface area contributed by atoms with Gasteiger partial charge in [0, 0.05) is 6.04 Å². The van der Waals surface area contributed by atoms with Crippen molar-refractivity contribution < 1.29 is 9.53 Å². The number of hydrogen-bond donors (Lipinski definition) is 2. The lowest BCUT2D eigenvalue weighted by Gasteiger charge is -2.24. The van der Waals surface area contributed by atoms with Crippen LogP contribution in [0.25, 0.3) is 11.1 Å². The number of benzene rings is 1. The summed E-state index contributed by atoms with van der Waals surface area (Å²) in [5.74, 6) is 0.318. The molecule has 0 spiro atoms. The first-order valence-corrected chi connectivity index (χ1v) is 9.30. The van der Waals surface area contributed by atoms with Gasteiger partial charge in [-0.2, -0.15) is 0 Å². The number of carbonyl (C=O) groups is 1. The van der Waals surface area contributed by atoms with Crippen LogP contribution >= 0.6 is 0 Å². The van der Waals surface area contributed by atoms with E-state index in [4.69, 9.17) is 4.74 Å². The summed E-state index contributed by atoms with van der Waals surface area (Å²) in [6.07, 6.45) is 8.08. The van der Waals surface area contributed by atoms with E-state index in [-0.39, 0.29) is 18.6 Å². The fraction of sp³-hybridized carbons (Fsp3) is 0.450. The first kappa shape index (κ1) is 16.8. The summed E-state index contributed by atoms with van der Waals surface area (Å²) in [5, 5.41) is 6.06. The van der Waals surface area contributed by atoms with Gasteiger partial charge in [0.2, 0.25) is 10.9 Å². The summed E-state index contributed by atoms with van der Waals surface area (Å²) in [6, 6.07) is 5.41. The van der Waals surface area contributed by atoms with Gasteiger partial charge in [-0.3, -0.25) is 14.4 Å². The fourth-order valence-corrected chi connectivity index (χ4v) is 3.84. The van der Waals surface area contributed by atoms with Crippen molar-refractivity contribution in [1.82, 2.24) is 0 Å². The molecule has 6 heteroatoms. The lowest BCUT2D eigenvalue weighted by molar-refractivity contribution is -0.118. The fourth-order valence-electron chi connectivity index (χ4n) is 3.84. The van der Waals surface area contributed by atoms with Gasteiger partial charge in [-0.15, -0.1) is 0 Å². The van der Waals surface area contributed by atoms with E-state index in [0.29, 0.717) is 28.3 Å². The molecule has 136 valence electrons. The van der Waals surface area contributed by atoms with Gasteiger partial charge in [-0.25, -0.2) is 0 Å². The van der Waals surface area contributed by atoms with E-state index < -0.39 is 10.9 Å². The van der Waals surface area contributed by atoms with Crippen molar-refractivity contribution in [2.45, 2.75) is 51.0 Å². The number of fused-ring (bicyclic) bond motifs is 1. The lowest BCUT2D eigenvalue weighted by atomic mass is 9.94. The highest BCUT2D eigenvalue weighted by Crippen LogP contribution is 2.34. The number of carbonyl (C=O) groups excluding carboxylic acids is 1. The van der Waals surface area contributed by atoms with Gasteiger partial charge in [0.25, 0.3) is 5.91 Å². The van der Waals surface area contributed by atoms with Crippen molar-refractivity contribution in [3.8, 4) is 16.9 Å². The second kappa shape index (κ2) is 6.94. The third-order valence-electron chi connectivity index (χ3n) is 5.27. The van der Waals surface area contributed by atoms with Crippen LogP contribution in [0.3, 0.4) is 0 Å². The first-order valence-electron chi connectivity index (χ1n) is 9.30. The minimum atomic E-state index is -0.460. The molecule has 0 bridgehead atoms. The predicted octanol–water partition coefficient (Wildman–Crippen LogP) is 2.81. The van der Waals surface area contributed by atoms with Gasteiger partial charge < -0.3 is 15.4 Å². The van der Waals surface area contributed by atoms with Crippen LogP contribution in [0.5, 0.6) is 5.75 Å². The van der Waals surface area contributed by atoms with Crippen LogP contribution in [-0.4, -0.2) is 18.6 Å². The quantitative estimate of drug-likeness (QED) is 0.828. The largest absolute Gasteiger partial charge is 0.482 e. The van der Waals surface area contributed by atoms with Gasteiger partial charge in [0.05, 0.1) is 16.9 Å². The Labute approximate surface area is 151 Å². The Hall–Kier alpha value is -2.63. The standard InChI is InChI=1S/C20H22N2O4/c23-16-11-26-15-10-12(8-9-14(15)22-16)17-18(20(25)19(17)24)21-13-6-4-2-1-3-5-7-13/h8-10,13,21H,1-7,11H2,(H,22,23). The second-order valence-electron chi connectivity index (χ2n) is 7.14. The van der Waals surface area contributed by atoms with Crippen molar-refractivity contribution in [2.24, 2.45) is 0 Å². The van der Waals surface area contributed by atoms with Crippen LogP contribution in [0.1, 0.15) is 44.9 Å². The van der Waals surface area contributed by atoms with Crippen LogP contribution in [0.2, 0.25) is 0 Å². The van der Waals surface area contributed by atoms with Crippen LogP contribution < -0.4 is 26.2 Å². The molecule has 0 radical (unpaired) electrons. The van der Waals surface area contributed by atoms with Crippen LogP contribution in [0.15, 0.2) is 27.8 Å². The molecule has 4 rings (SSSR count). The molecule has 1 heterocycles. The number of anilines is 2. The number of hydrogen-bond acceptors (Lipinski definition) is 5. The minimum Gasteiger partial charge on any atom is -0.482 e. The maximum absolute atomic E-state index is 12.2. The third kappa shape index (κ3) is 3.11. The molecule has 2 aromatic rings. The summed E-state index contributed by atoms with van der Waals surface area (Å²) >= 11 is 0. The average Bonchev–Trinajstić information content (AvgIpc) is 2.62. The highest BCUT2D eigenvalue weighted by molar-refractivity contribution is 5.96. The second-order valence-corrected chi connectivity index (χ2v) is 7.14. The molecule has 1 saturated carbocycles. The van der Waals surface area contributed by atoms with Gasteiger partial charge in [-0.1, -0.05) is 38.2 Å². The van der Waals surface area contributed by atoms with Gasteiger partial charge in [-0.05, 0) is 30.5 Å². The smallest absolute Gasteiger partial charge is 0.262 e. The third-order valence-corrected chi connectivity index (χ3v) is 5.27. The number of amides is 1. The predicted molar refractivity (Wildman–Crippen MR) is 101 cm³/mol. The maximum atomic E-state index is 12.2. The van der Waals surface area contributed by atoms with E-state index in [0.717, 1.165) is 25.7 Å². The van der Waals surface area contributed by atoms with Crippen molar-refractivity contribution >= 4 is 17.3 Å². The summed E-state index contributed by atoms with van der Waals surface area (Å²) in [7, 11) is 0. The molecule has 0 atom stereocenters. The van der Waals surface area contributed by atoms with E-state index in [1.165, 1.54) is 19.3 Å². The zero-order valence-electron chi connectivity index (χ0n) is 14.6. The number of nitrogens with one attached hydrogen (secondary N) is 2. The van der Waals surface area contributed by atoms with Crippen molar-refractivity contribution in [2.75, 3.05) is 17.2 Å². The molecule has 0 saturated heterocycles. The van der Waals surface area contributed by atoms with E-state index in [9.17, 15) is 14.4 Å². The Kier molecular flexibility index (Phi) is 4.49. The molecular formula is C20H22N2O4. The lowest BCUT2D eigenvalue weighted by Crippen LogP contribution is -2.39. The Morgan fingerprint density at radius 3 is 2.46 bits per heavy atom. The van der Waals surface area contributed by atoms with Gasteiger partial charge >= 0.3 is 0 Å². The van der Waals surface area contributed by atoms with Gasteiger partial charge in [0.15, 0.2) is 6.61 Å². The van der Waals surface area contributed by atoms with Crippen molar-refractivity contribution in [1.29, 1.82) is 0 Å². The zero-order chi connectivity index (χ0) is 18.1. The molecule has 6 nitrogen and oxygen atoms in total. The molecule has 26 heavy (non-hydrogen) atoms. The number of rotatable bonds is 3. The Morgan fingerprint density at radius 1 is 0.962 bits per heavy atom. The van der Waals surface area contributed by atoms with Crippen LogP contribution in [0.4, 0.5) is 11.4 Å². The van der Waals surface area contributed by atoms with Gasteiger partial charge in [0.1, 0.15) is 5.75 Å². The molecule has 2 aliphatic rings. The zero-order valence-corrected chi connectivity index (χ0v) is 14.6. The molecule has 1 aliphatic heterocycles. The summed E-state index contributed by atoms with van der Waals surface area (Å²) < 4.78 is 5.42. The van der Waals surface area contributed by atoms with Crippen molar-refractivity contribution in [3.05, 3.63) is 38.6 Å². The molecule has 0 aromatic heterocycles. The first-order chi connectivity index (χ1) is 12.6. The normalized spacial score (nSPS) is 18.4.